The number of aliphatic carboxylic acids is 1. The third-order valence-electron chi connectivity index (χ3n) is 7.54. The molecule has 212 valence electrons. The van der Waals surface area contributed by atoms with Crippen LogP contribution in [0.25, 0.3) is 0 Å². The minimum atomic E-state index is -0.841. The first-order chi connectivity index (χ1) is 19.0. The Labute approximate surface area is 231 Å². The lowest BCUT2D eigenvalue weighted by Gasteiger charge is -2.38. The van der Waals surface area contributed by atoms with Gasteiger partial charge in [0.05, 0.1) is 18.8 Å². The summed E-state index contributed by atoms with van der Waals surface area (Å²) < 4.78 is 13.0. The summed E-state index contributed by atoms with van der Waals surface area (Å²) in [6, 6.07) is 15.5. The number of nitrogens with one attached hydrogen (secondary N) is 1. The number of hydrogen-bond donors (Lipinski definition) is 3. The minimum absolute atomic E-state index is 0.0142. The van der Waals surface area contributed by atoms with Crippen LogP contribution in [0.15, 0.2) is 48.5 Å². The van der Waals surface area contributed by atoms with Crippen molar-refractivity contribution in [2.75, 3.05) is 25.0 Å². The van der Waals surface area contributed by atoms with E-state index in [2.05, 4.69) is 10.2 Å². The van der Waals surface area contributed by atoms with E-state index < -0.39 is 12.3 Å². The summed E-state index contributed by atoms with van der Waals surface area (Å²) in [7, 11) is 0. The molecule has 0 bridgehead atoms. The first-order valence-electron chi connectivity index (χ1n) is 14.3. The first-order valence-corrected chi connectivity index (χ1v) is 14.3. The first kappa shape index (κ1) is 29.2. The predicted octanol–water partition coefficient (Wildman–Crippen LogP) is 5.57. The second-order valence-electron chi connectivity index (χ2n) is 10.7. The van der Waals surface area contributed by atoms with Gasteiger partial charge in [-0.1, -0.05) is 55.7 Å². The summed E-state index contributed by atoms with van der Waals surface area (Å²) in [4.78, 5) is 25.4. The quantitative estimate of drug-likeness (QED) is 0.321. The number of aliphatic hydroxyl groups excluding tert-OH is 1. The molecule has 2 saturated heterocycles. The van der Waals surface area contributed by atoms with Gasteiger partial charge in [0.2, 0.25) is 5.91 Å². The standard InChI is InChI=1S/C31H42N2O6/c34-22-23-10-12-24(13-11-23)28-20-27(21-33-18-6-2-1-3-7-19-33)38-31(39-28)25-14-16-26(17-15-25)32-29(35)8-4-5-9-30(36)37/h10-17,27-28,31,34H,1-9,18-22H2,(H,32,35)(H,36,37)/t27-,28+,31+/m0/s1. The highest BCUT2D eigenvalue weighted by molar-refractivity contribution is 5.90. The van der Waals surface area contributed by atoms with Crippen LogP contribution in [0.3, 0.4) is 0 Å². The van der Waals surface area contributed by atoms with Crippen molar-refractivity contribution in [3.05, 3.63) is 65.2 Å². The zero-order valence-corrected chi connectivity index (χ0v) is 22.7. The third-order valence-corrected chi connectivity index (χ3v) is 7.54. The van der Waals surface area contributed by atoms with Crippen molar-refractivity contribution in [3.8, 4) is 0 Å². The van der Waals surface area contributed by atoms with Gasteiger partial charge in [-0.3, -0.25) is 9.59 Å². The van der Waals surface area contributed by atoms with Crippen LogP contribution in [-0.2, 0) is 25.7 Å². The van der Waals surface area contributed by atoms with E-state index in [9.17, 15) is 14.7 Å². The molecule has 0 spiro atoms. The van der Waals surface area contributed by atoms with Gasteiger partial charge in [0, 0.05) is 37.1 Å². The molecule has 2 heterocycles. The van der Waals surface area contributed by atoms with Gasteiger partial charge in [-0.05, 0) is 62.0 Å². The molecule has 0 saturated carbocycles. The molecule has 0 aliphatic carbocycles. The number of ether oxygens (including phenoxy) is 2. The van der Waals surface area contributed by atoms with E-state index >= 15 is 0 Å². The average Bonchev–Trinajstić information content (AvgIpc) is 2.93. The molecule has 2 aliphatic rings. The molecule has 0 radical (unpaired) electrons. The molecular formula is C31H42N2O6. The molecule has 1 amide bonds. The fourth-order valence-electron chi connectivity index (χ4n) is 5.33. The number of likely N-dealkylation sites (tertiary alicyclic amines) is 1. The number of hydrogen-bond acceptors (Lipinski definition) is 6. The topological polar surface area (TPSA) is 108 Å². The molecule has 4 rings (SSSR count). The van der Waals surface area contributed by atoms with Crippen molar-refractivity contribution >= 4 is 17.6 Å². The molecule has 8 heteroatoms. The van der Waals surface area contributed by atoms with E-state index in [1.807, 2.05) is 48.5 Å². The van der Waals surface area contributed by atoms with Gasteiger partial charge in [-0.25, -0.2) is 0 Å². The predicted molar refractivity (Wildman–Crippen MR) is 149 cm³/mol. The Kier molecular flexibility index (Phi) is 11.3. The minimum Gasteiger partial charge on any atom is -0.481 e. The number of aliphatic hydroxyl groups is 1. The number of rotatable bonds is 11. The lowest BCUT2D eigenvalue weighted by Crippen LogP contribution is -2.40. The molecule has 3 N–H and O–H groups in total. The maximum Gasteiger partial charge on any atom is 0.303 e. The Morgan fingerprint density at radius 2 is 1.49 bits per heavy atom. The number of carboxylic acid groups (broad SMARTS) is 1. The molecule has 0 aromatic heterocycles. The Morgan fingerprint density at radius 1 is 0.846 bits per heavy atom. The van der Waals surface area contributed by atoms with Crippen molar-refractivity contribution in [1.82, 2.24) is 4.90 Å². The largest absolute Gasteiger partial charge is 0.481 e. The van der Waals surface area contributed by atoms with Crippen LogP contribution < -0.4 is 5.32 Å². The summed E-state index contributed by atoms with van der Waals surface area (Å²) in [5.74, 6) is -0.968. The van der Waals surface area contributed by atoms with E-state index in [0.717, 1.165) is 42.7 Å². The van der Waals surface area contributed by atoms with Gasteiger partial charge in [0.25, 0.3) is 0 Å². The monoisotopic (exact) mass is 538 g/mol. The second-order valence-corrected chi connectivity index (χ2v) is 10.7. The van der Waals surface area contributed by atoms with Crippen LogP contribution in [-0.4, -0.2) is 52.7 Å². The Hall–Kier alpha value is -2.78. The van der Waals surface area contributed by atoms with Crippen molar-refractivity contribution in [2.45, 2.75) is 89.3 Å². The van der Waals surface area contributed by atoms with E-state index in [-0.39, 0.29) is 31.1 Å². The highest BCUT2D eigenvalue weighted by Crippen LogP contribution is 2.38. The summed E-state index contributed by atoms with van der Waals surface area (Å²) >= 11 is 0. The fourth-order valence-corrected chi connectivity index (χ4v) is 5.33. The van der Waals surface area contributed by atoms with Gasteiger partial charge in [0.15, 0.2) is 6.29 Å². The number of nitrogens with zero attached hydrogens (tertiary/aromatic N) is 1. The Bertz CT molecular complexity index is 1030. The second kappa shape index (κ2) is 15.1. The maximum absolute atomic E-state index is 12.2. The number of benzene rings is 2. The van der Waals surface area contributed by atoms with Gasteiger partial charge in [-0.2, -0.15) is 0 Å². The third kappa shape index (κ3) is 9.42. The number of amides is 1. The van der Waals surface area contributed by atoms with Crippen LogP contribution in [0.4, 0.5) is 5.69 Å². The van der Waals surface area contributed by atoms with Crippen LogP contribution in [0.5, 0.6) is 0 Å². The van der Waals surface area contributed by atoms with Crippen molar-refractivity contribution in [3.63, 3.8) is 0 Å². The summed E-state index contributed by atoms with van der Waals surface area (Å²) in [5, 5.41) is 21.1. The molecule has 0 unspecified atom stereocenters. The average molecular weight is 539 g/mol. The van der Waals surface area contributed by atoms with E-state index in [4.69, 9.17) is 14.6 Å². The highest BCUT2D eigenvalue weighted by Gasteiger charge is 2.33. The van der Waals surface area contributed by atoms with Gasteiger partial charge < -0.3 is 29.9 Å². The molecule has 2 aliphatic heterocycles. The van der Waals surface area contributed by atoms with Crippen LogP contribution >= 0.6 is 0 Å². The highest BCUT2D eigenvalue weighted by atomic mass is 16.7. The van der Waals surface area contributed by atoms with Gasteiger partial charge in [-0.15, -0.1) is 0 Å². The zero-order chi connectivity index (χ0) is 27.5. The van der Waals surface area contributed by atoms with E-state index in [0.29, 0.717) is 24.9 Å². The van der Waals surface area contributed by atoms with Gasteiger partial charge in [0.1, 0.15) is 0 Å². The number of carbonyl (C=O) groups is 2. The molecule has 8 nitrogen and oxygen atoms in total. The molecule has 2 aromatic rings. The molecule has 2 aromatic carbocycles. The van der Waals surface area contributed by atoms with Crippen LogP contribution in [0, 0.1) is 0 Å². The summed E-state index contributed by atoms with van der Waals surface area (Å²) in [6.07, 6.45) is 7.90. The van der Waals surface area contributed by atoms with Crippen molar-refractivity contribution in [1.29, 1.82) is 0 Å². The molecule has 3 atom stereocenters. The van der Waals surface area contributed by atoms with Crippen molar-refractivity contribution < 1.29 is 29.3 Å². The number of carboxylic acids is 1. The fraction of sp³-hybridized carbons (Fsp3) is 0.548. The smallest absolute Gasteiger partial charge is 0.303 e. The molecule has 39 heavy (non-hydrogen) atoms. The summed E-state index contributed by atoms with van der Waals surface area (Å²) in [6.45, 7) is 3.10. The van der Waals surface area contributed by atoms with Crippen molar-refractivity contribution in [2.24, 2.45) is 0 Å². The molecule has 2 fully saturated rings. The number of anilines is 1. The van der Waals surface area contributed by atoms with E-state index in [1.54, 1.807) is 0 Å². The van der Waals surface area contributed by atoms with E-state index in [1.165, 1.54) is 32.1 Å². The molecular weight excluding hydrogens is 496 g/mol. The lowest BCUT2D eigenvalue weighted by atomic mass is 9.99. The SMILES string of the molecule is O=C(O)CCCCC(=O)Nc1ccc([C@@H]2O[C@H](CN3CCCCCCC3)C[C@H](c3ccc(CO)cc3)O2)cc1. The van der Waals surface area contributed by atoms with Crippen LogP contribution in [0.1, 0.15) is 93.3 Å². The van der Waals surface area contributed by atoms with Crippen LogP contribution in [0.2, 0.25) is 0 Å². The normalized spacial score (nSPS) is 22.5. The van der Waals surface area contributed by atoms with Gasteiger partial charge >= 0.3 is 5.97 Å². The summed E-state index contributed by atoms with van der Waals surface area (Å²) in [5.41, 5.74) is 3.53. The number of carbonyl (C=O) groups excluding carboxylic acids is 1. The Morgan fingerprint density at radius 3 is 2.15 bits per heavy atom. The Balaban J connectivity index is 1.41. The lowest BCUT2D eigenvalue weighted by molar-refractivity contribution is -0.253. The zero-order valence-electron chi connectivity index (χ0n) is 22.7. The number of unbranched alkanes of at least 4 members (excludes halogenated alkanes) is 1. The maximum atomic E-state index is 12.2.